The molecular formula is C19H19FN6O2. The van der Waals surface area contributed by atoms with Crippen molar-refractivity contribution in [2.75, 3.05) is 31.2 Å². The number of carbonyl (C=O) groups is 1. The Morgan fingerprint density at radius 1 is 1.14 bits per heavy atom. The van der Waals surface area contributed by atoms with Crippen LogP contribution in [-0.4, -0.2) is 58.0 Å². The lowest BCUT2D eigenvalue weighted by Crippen LogP contribution is -2.37. The highest BCUT2D eigenvalue weighted by atomic mass is 19.1. The van der Waals surface area contributed by atoms with E-state index in [1.807, 2.05) is 0 Å². The molecule has 1 N–H and O–H groups in total. The lowest BCUT2D eigenvalue weighted by atomic mass is 10.3. The van der Waals surface area contributed by atoms with Crippen LogP contribution in [0, 0.1) is 5.82 Å². The van der Waals surface area contributed by atoms with Crippen LogP contribution < -0.4 is 10.2 Å². The molecule has 9 heteroatoms. The average Bonchev–Trinajstić information content (AvgIpc) is 3.44. The Morgan fingerprint density at radius 2 is 1.89 bits per heavy atom. The van der Waals surface area contributed by atoms with Crippen LogP contribution in [0.25, 0.3) is 16.7 Å². The number of nitrogens with zero attached hydrogens (tertiary/aromatic N) is 5. The van der Waals surface area contributed by atoms with Crippen LogP contribution >= 0.6 is 0 Å². The van der Waals surface area contributed by atoms with Gasteiger partial charge in [-0.05, 0) is 37.1 Å². The van der Waals surface area contributed by atoms with E-state index in [0.29, 0.717) is 43.5 Å². The minimum atomic E-state index is -0.326. The molecule has 144 valence electrons. The van der Waals surface area contributed by atoms with Crippen molar-refractivity contribution in [3.8, 4) is 5.69 Å². The van der Waals surface area contributed by atoms with Gasteiger partial charge in [0.25, 0.3) is 5.91 Å². The zero-order valence-electron chi connectivity index (χ0n) is 15.1. The number of fused-ring (bicyclic) bond motifs is 1. The van der Waals surface area contributed by atoms with Gasteiger partial charge in [0.15, 0.2) is 5.65 Å². The molecule has 8 nitrogen and oxygen atoms in total. The van der Waals surface area contributed by atoms with Crippen molar-refractivity contribution in [3.63, 3.8) is 0 Å². The van der Waals surface area contributed by atoms with Crippen LogP contribution in [0.2, 0.25) is 0 Å². The second-order valence-electron chi connectivity index (χ2n) is 6.99. The molecule has 0 atom stereocenters. The minimum absolute atomic E-state index is 0.116. The first-order valence-electron chi connectivity index (χ1n) is 9.34. The van der Waals surface area contributed by atoms with Crippen LogP contribution in [-0.2, 0) is 4.74 Å². The molecule has 3 aromatic rings. The molecule has 2 aliphatic rings. The highest BCUT2D eigenvalue weighted by Crippen LogP contribution is 2.27. The van der Waals surface area contributed by atoms with Gasteiger partial charge >= 0.3 is 0 Å². The van der Waals surface area contributed by atoms with Gasteiger partial charge in [-0.25, -0.2) is 19.0 Å². The summed E-state index contributed by atoms with van der Waals surface area (Å²) in [5.41, 5.74) is 1.18. The normalized spacial score (nSPS) is 17.1. The monoisotopic (exact) mass is 382 g/mol. The molecule has 1 saturated carbocycles. The Labute approximate surface area is 160 Å². The quantitative estimate of drug-likeness (QED) is 0.739. The van der Waals surface area contributed by atoms with E-state index in [1.54, 1.807) is 23.0 Å². The largest absolute Gasteiger partial charge is 0.378 e. The van der Waals surface area contributed by atoms with Crippen molar-refractivity contribution in [2.24, 2.45) is 0 Å². The van der Waals surface area contributed by atoms with Crippen molar-refractivity contribution in [2.45, 2.75) is 18.9 Å². The van der Waals surface area contributed by atoms with Crippen molar-refractivity contribution < 1.29 is 13.9 Å². The molecule has 2 aromatic heterocycles. The van der Waals surface area contributed by atoms with Gasteiger partial charge in [-0.3, -0.25) is 4.79 Å². The first-order valence-corrected chi connectivity index (χ1v) is 9.34. The van der Waals surface area contributed by atoms with Crippen molar-refractivity contribution >= 4 is 22.8 Å². The smallest absolute Gasteiger partial charge is 0.289 e. The highest BCUT2D eigenvalue weighted by Gasteiger charge is 2.27. The Hall–Kier alpha value is -3.07. The summed E-state index contributed by atoms with van der Waals surface area (Å²) < 4.78 is 20.4. The van der Waals surface area contributed by atoms with Crippen LogP contribution in [0.3, 0.4) is 0 Å². The maximum atomic E-state index is 13.3. The number of halogens is 1. The third kappa shape index (κ3) is 3.18. The summed E-state index contributed by atoms with van der Waals surface area (Å²) in [6, 6.07) is 6.20. The number of morpholine rings is 1. The van der Waals surface area contributed by atoms with Crippen molar-refractivity contribution in [1.29, 1.82) is 0 Å². The number of carbonyl (C=O) groups excluding carboxylic acids is 1. The van der Waals surface area contributed by atoms with Crippen LogP contribution in [0.5, 0.6) is 0 Å². The molecule has 1 amide bonds. The Bertz CT molecular complexity index is 1020. The first kappa shape index (κ1) is 17.1. The molecule has 1 aliphatic heterocycles. The highest BCUT2D eigenvalue weighted by molar-refractivity contribution is 5.96. The number of hydrogen-bond acceptors (Lipinski definition) is 6. The van der Waals surface area contributed by atoms with Gasteiger partial charge in [0.05, 0.1) is 30.5 Å². The number of aromatic nitrogens is 4. The number of rotatable bonds is 4. The summed E-state index contributed by atoms with van der Waals surface area (Å²) in [6.45, 7) is 2.55. The molecule has 1 saturated heterocycles. The summed E-state index contributed by atoms with van der Waals surface area (Å²) in [4.78, 5) is 23.8. The van der Waals surface area contributed by atoms with Gasteiger partial charge in [0.1, 0.15) is 11.6 Å². The molecule has 0 radical (unpaired) electrons. The summed E-state index contributed by atoms with van der Waals surface area (Å²) in [7, 11) is 0. The number of anilines is 1. The van der Waals surface area contributed by atoms with E-state index in [-0.39, 0.29) is 23.6 Å². The fourth-order valence-corrected chi connectivity index (χ4v) is 3.26. The number of benzene rings is 1. The second-order valence-corrected chi connectivity index (χ2v) is 6.99. The maximum Gasteiger partial charge on any atom is 0.289 e. The predicted molar refractivity (Wildman–Crippen MR) is 100 cm³/mol. The van der Waals surface area contributed by atoms with Crippen LogP contribution in [0.4, 0.5) is 10.2 Å². The van der Waals surface area contributed by atoms with Crippen molar-refractivity contribution in [3.05, 3.63) is 42.1 Å². The molecule has 28 heavy (non-hydrogen) atoms. The van der Waals surface area contributed by atoms with Crippen LogP contribution in [0.15, 0.2) is 30.5 Å². The predicted octanol–water partition coefficient (Wildman–Crippen LogP) is 1.68. The third-order valence-electron chi connectivity index (χ3n) is 4.91. The Balaban J connectivity index is 1.63. The topological polar surface area (TPSA) is 85.2 Å². The molecule has 3 heterocycles. The van der Waals surface area contributed by atoms with E-state index in [0.717, 1.165) is 18.2 Å². The van der Waals surface area contributed by atoms with E-state index < -0.39 is 0 Å². The fraction of sp³-hybridized carbons (Fsp3) is 0.368. The molecule has 0 unspecified atom stereocenters. The van der Waals surface area contributed by atoms with Gasteiger partial charge in [-0.1, -0.05) is 0 Å². The third-order valence-corrected chi connectivity index (χ3v) is 4.91. The lowest BCUT2D eigenvalue weighted by molar-refractivity contribution is 0.0941. The number of nitrogens with one attached hydrogen (secondary N) is 1. The van der Waals surface area contributed by atoms with E-state index in [4.69, 9.17) is 4.74 Å². The Morgan fingerprint density at radius 3 is 2.61 bits per heavy atom. The molecule has 5 rings (SSSR count). The second kappa shape index (κ2) is 6.83. The van der Waals surface area contributed by atoms with Gasteiger partial charge in [-0.15, -0.1) is 0 Å². The lowest BCUT2D eigenvalue weighted by Gasteiger charge is -2.28. The van der Waals surface area contributed by atoms with E-state index in [9.17, 15) is 9.18 Å². The number of amides is 1. The number of hydrogen-bond donors (Lipinski definition) is 1. The first-order chi connectivity index (χ1) is 13.7. The minimum Gasteiger partial charge on any atom is -0.378 e. The zero-order valence-corrected chi connectivity index (χ0v) is 15.1. The van der Waals surface area contributed by atoms with Crippen LogP contribution in [0.1, 0.15) is 23.5 Å². The zero-order chi connectivity index (χ0) is 19.1. The van der Waals surface area contributed by atoms with Gasteiger partial charge in [-0.2, -0.15) is 5.10 Å². The van der Waals surface area contributed by atoms with E-state index in [2.05, 4.69) is 25.3 Å². The van der Waals surface area contributed by atoms with Gasteiger partial charge in [0.2, 0.25) is 5.82 Å². The number of ether oxygens (including phenoxy) is 1. The van der Waals surface area contributed by atoms with Crippen molar-refractivity contribution in [1.82, 2.24) is 25.1 Å². The average molecular weight is 382 g/mol. The standard InChI is InChI=1S/C19H19FN6O2/c20-12-1-5-14(6-2-12)26-18-15(11-21-26)17(25-7-9-28-10-8-25)23-16(24-18)19(27)22-13-3-4-13/h1-2,5-6,11,13H,3-4,7-10H2,(H,22,27). The molecular weight excluding hydrogens is 363 g/mol. The molecule has 2 fully saturated rings. The van der Waals surface area contributed by atoms with Gasteiger partial charge in [0, 0.05) is 19.1 Å². The molecule has 1 aromatic carbocycles. The molecule has 0 bridgehead atoms. The van der Waals surface area contributed by atoms with E-state index in [1.165, 1.54) is 12.1 Å². The SMILES string of the molecule is O=C(NC1CC1)c1nc(N2CCOCC2)c2cnn(-c3ccc(F)cc3)c2n1. The van der Waals surface area contributed by atoms with E-state index >= 15 is 0 Å². The maximum absolute atomic E-state index is 13.3. The summed E-state index contributed by atoms with van der Waals surface area (Å²) in [5.74, 6) is 0.173. The fourth-order valence-electron chi connectivity index (χ4n) is 3.26. The summed E-state index contributed by atoms with van der Waals surface area (Å²) >= 11 is 0. The molecule has 0 spiro atoms. The van der Waals surface area contributed by atoms with Gasteiger partial charge < -0.3 is 15.0 Å². The Kier molecular flexibility index (Phi) is 4.16. The summed E-state index contributed by atoms with van der Waals surface area (Å²) in [6.07, 6.45) is 3.65. The summed E-state index contributed by atoms with van der Waals surface area (Å²) in [5, 5.41) is 8.11. The molecule has 1 aliphatic carbocycles.